The monoisotopic (exact) mass is 617 g/mol. The Morgan fingerprint density at radius 1 is 0.927 bits per heavy atom. The maximum absolute atomic E-state index is 14.2. The van der Waals surface area contributed by atoms with E-state index in [1.165, 1.54) is 17.0 Å². The number of aryl methyl sites for hydroxylation is 2. The first-order valence-electron chi connectivity index (χ1n) is 13.6. The molecule has 10 heteroatoms. The van der Waals surface area contributed by atoms with Crippen molar-refractivity contribution in [2.45, 2.75) is 71.0 Å². The molecule has 0 spiro atoms. The molecule has 7 nitrogen and oxygen atoms in total. The van der Waals surface area contributed by atoms with Gasteiger partial charge in [-0.2, -0.15) is 0 Å². The van der Waals surface area contributed by atoms with Crippen LogP contribution in [0.25, 0.3) is 0 Å². The summed E-state index contributed by atoms with van der Waals surface area (Å²) in [6.45, 7) is 8.80. The highest BCUT2D eigenvalue weighted by molar-refractivity contribution is 7.92. The van der Waals surface area contributed by atoms with Crippen molar-refractivity contribution in [2.24, 2.45) is 0 Å². The predicted molar refractivity (Wildman–Crippen MR) is 166 cm³/mol. The number of nitrogens with zero attached hydrogens (tertiary/aromatic N) is 2. The zero-order valence-electron chi connectivity index (χ0n) is 24.0. The van der Waals surface area contributed by atoms with Gasteiger partial charge in [-0.15, -0.1) is 0 Å². The lowest BCUT2D eigenvalue weighted by Gasteiger charge is -2.34. The van der Waals surface area contributed by atoms with Crippen LogP contribution < -0.4 is 9.62 Å². The smallest absolute Gasteiger partial charge is 0.264 e. The van der Waals surface area contributed by atoms with Gasteiger partial charge >= 0.3 is 0 Å². The number of hydrogen-bond acceptors (Lipinski definition) is 4. The zero-order chi connectivity index (χ0) is 30.3. The molecule has 2 atom stereocenters. The summed E-state index contributed by atoms with van der Waals surface area (Å²) in [6.07, 6.45) is 1.03. The minimum absolute atomic E-state index is 0.00665. The molecule has 0 aromatic heterocycles. The number of amides is 2. The van der Waals surface area contributed by atoms with Crippen LogP contribution >= 0.6 is 23.2 Å². The zero-order valence-corrected chi connectivity index (χ0v) is 26.4. The molecule has 220 valence electrons. The van der Waals surface area contributed by atoms with Crippen molar-refractivity contribution < 1.29 is 18.0 Å². The van der Waals surface area contributed by atoms with E-state index in [9.17, 15) is 18.0 Å². The largest absolute Gasteiger partial charge is 0.352 e. The number of rotatable bonds is 12. The Hall–Kier alpha value is -3.07. The van der Waals surface area contributed by atoms with Crippen molar-refractivity contribution in [3.63, 3.8) is 0 Å². The molecule has 0 heterocycles. The van der Waals surface area contributed by atoms with Gasteiger partial charge in [0.15, 0.2) is 0 Å². The summed E-state index contributed by atoms with van der Waals surface area (Å²) in [5, 5.41) is 3.75. The summed E-state index contributed by atoms with van der Waals surface area (Å²) in [7, 11) is -4.14. The van der Waals surface area contributed by atoms with Gasteiger partial charge in [-0.3, -0.25) is 13.9 Å². The maximum atomic E-state index is 14.2. The minimum atomic E-state index is -4.14. The number of benzene rings is 3. The van der Waals surface area contributed by atoms with Crippen molar-refractivity contribution in [2.75, 3.05) is 10.8 Å². The lowest BCUT2D eigenvalue weighted by atomic mass is 10.1. The normalized spacial score (nSPS) is 12.9. The summed E-state index contributed by atoms with van der Waals surface area (Å²) in [4.78, 5) is 29.1. The average molecular weight is 619 g/mol. The fourth-order valence-corrected chi connectivity index (χ4v) is 6.38. The van der Waals surface area contributed by atoms with Crippen molar-refractivity contribution >= 4 is 50.7 Å². The van der Waals surface area contributed by atoms with Crippen LogP contribution in [0, 0.1) is 13.8 Å². The Morgan fingerprint density at radius 2 is 1.61 bits per heavy atom. The van der Waals surface area contributed by atoms with Crippen LogP contribution in [-0.4, -0.2) is 43.8 Å². The molecule has 1 N–H and O–H groups in total. The molecule has 0 unspecified atom stereocenters. The van der Waals surface area contributed by atoms with E-state index in [4.69, 9.17) is 23.2 Å². The van der Waals surface area contributed by atoms with Gasteiger partial charge in [0.05, 0.1) is 10.6 Å². The van der Waals surface area contributed by atoms with E-state index in [2.05, 4.69) is 5.32 Å². The topological polar surface area (TPSA) is 86.8 Å². The quantitative estimate of drug-likeness (QED) is 0.250. The average Bonchev–Trinajstić information content (AvgIpc) is 2.94. The molecule has 0 aliphatic carbocycles. The molecule has 0 aliphatic rings. The molecule has 0 saturated carbocycles. The Balaban J connectivity index is 2.11. The van der Waals surface area contributed by atoms with E-state index in [1.54, 1.807) is 49.4 Å². The van der Waals surface area contributed by atoms with E-state index in [1.807, 2.05) is 39.8 Å². The number of carbonyl (C=O) groups is 2. The molecule has 0 aliphatic heterocycles. The molecule has 0 fully saturated rings. The molecular weight excluding hydrogens is 581 g/mol. The summed E-state index contributed by atoms with van der Waals surface area (Å²) >= 11 is 12.6. The highest BCUT2D eigenvalue weighted by Crippen LogP contribution is 2.29. The maximum Gasteiger partial charge on any atom is 0.264 e. The standard InChI is InChI=1S/C31H37Cl2N3O4S/c1-6-23(5)34-31(38)28(7-2)35(19-24-15-16-25(32)18-27(24)33)30(37)20-36(29-17-21(3)13-14-22(29)4)41(39,40)26-11-9-8-10-12-26/h8-18,23,28H,6-7,19-20H2,1-5H3,(H,34,38)/t23-,28+/m0/s1. The van der Waals surface area contributed by atoms with Gasteiger partial charge in [0, 0.05) is 22.6 Å². The van der Waals surface area contributed by atoms with E-state index in [-0.39, 0.29) is 23.4 Å². The van der Waals surface area contributed by atoms with Crippen LogP contribution in [0.1, 0.15) is 50.3 Å². The Labute approximate surface area is 253 Å². The summed E-state index contributed by atoms with van der Waals surface area (Å²) < 4.78 is 29.1. The van der Waals surface area contributed by atoms with Crippen LogP contribution in [0.3, 0.4) is 0 Å². The summed E-state index contributed by atoms with van der Waals surface area (Å²) in [5.74, 6) is -0.855. The van der Waals surface area contributed by atoms with Gasteiger partial charge in [-0.25, -0.2) is 8.42 Å². The molecule has 3 aromatic carbocycles. The Bertz CT molecular complexity index is 1480. The molecular formula is C31H37Cl2N3O4S. The van der Waals surface area contributed by atoms with Crippen LogP contribution in [-0.2, 0) is 26.2 Å². The second kappa shape index (κ2) is 14.2. The first-order chi connectivity index (χ1) is 19.4. The van der Waals surface area contributed by atoms with E-state index in [0.717, 1.165) is 16.3 Å². The third-order valence-corrected chi connectivity index (χ3v) is 9.35. The fraction of sp³-hybridized carbons (Fsp3) is 0.355. The van der Waals surface area contributed by atoms with E-state index >= 15 is 0 Å². The van der Waals surface area contributed by atoms with Crippen molar-refractivity contribution in [1.82, 2.24) is 10.2 Å². The molecule has 0 saturated heterocycles. The highest BCUT2D eigenvalue weighted by Gasteiger charge is 2.34. The minimum Gasteiger partial charge on any atom is -0.352 e. The van der Waals surface area contributed by atoms with Gasteiger partial charge in [0.1, 0.15) is 12.6 Å². The first-order valence-corrected chi connectivity index (χ1v) is 15.8. The van der Waals surface area contributed by atoms with Gasteiger partial charge in [-0.1, -0.05) is 73.4 Å². The van der Waals surface area contributed by atoms with Gasteiger partial charge in [0.2, 0.25) is 11.8 Å². The molecule has 0 bridgehead atoms. The van der Waals surface area contributed by atoms with Gasteiger partial charge < -0.3 is 10.2 Å². The SMILES string of the molecule is CC[C@H](C(=O)N[C@@H](C)CC)N(Cc1ccc(Cl)cc1Cl)C(=O)CN(c1cc(C)ccc1C)S(=O)(=O)c1ccccc1. The van der Waals surface area contributed by atoms with Crippen LogP contribution in [0.15, 0.2) is 71.6 Å². The number of carbonyl (C=O) groups excluding carboxylic acids is 2. The van der Waals surface area contributed by atoms with E-state index in [0.29, 0.717) is 33.3 Å². The van der Waals surface area contributed by atoms with Crippen molar-refractivity contribution in [3.05, 3.63) is 93.5 Å². The van der Waals surface area contributed by atoms with Gasteiger partial charge in [-0.05, 0) is 80.6 Å². The van der Waals surface area contributed by atoms with E-state index < -0.39 is 28.5 Å². The van der Waals surface area contributed by atoms with Gasteiger partial charge in [0.25, 0.3) is 10.0 Å². The van der Waals surface area contributed by atoms with Crippen molar-refractivity contribution in [3.8, 4) is 0 Å². The van der Waals surface area contributed by atoms with Crippen LogP contribution in [0.2, 0.25) is 10.0 Å². The number of hydrogen-bond donors (Lipinski definition) is 1. The summed E-state index contributed by atoms with van der Waals surface area (Å²) in [6, 6.07) is 17.4. The molecule has 41 heavy (non-hydrogen) atoms. The molecule has 0 radical (unpaired) electrons. The van der Waals surface area contributed by atoms with Crippen LogP contribution in [0.5, 0.6) is 0 Å². The molecule has 3 aromatic rings. The first kappa shape index (κ1) is 32.4. The third-order valence-electron chi connectivity index (χ3n) is 6.99. The second-order valence-corrected chi connectivity index (χ2v) is 12.8. The second-order valence-electron chi connectivity index (χ2n) is 10.1. The highest BCUT2D eigenvalue weighted by atomic mass is 35.5. The van der Waals surface area contributed by atoms with Crippen molar-refractivity contribution in [1.29, 1.82) is 0 Å². The molecule has 3 rings (SSSR count). The third kappa shape index (κ3) is 8.03. The van der Waals surface area contributed by atoms with Crippen LogP contribution in [0.4, 0.5) is 5.69 Å². The lowest BCUT2D eigenvalue weighted by Crippen LogP contribution is -2.53. The lowest BCUT2D eigenvalue weighted by molar-refractivity contribution is -0.140. The summed E-state index contributed by atoms with van der Waals surface area (Å²) in [5.41, 5.74) is 2.51. The Morgan fingerprint density at radius 3 is 2.22 bits per heavy atom. The number of halogens is 2. The Kier molecular flexibility index (Phi) is 11.2. The molecule has 2 amide bonds. The number of anilines is 1. The predicted octanol–water partition coefficient (Wildman–Crippen LogP) is 6.53. The fourth-order valence-electron chi connectivity index (χ4n) is 4.42. The number of nitrogens with one attached hydrogen (secondary N) is 1. The number of sulfonamides is 1.